The van der Waals surface area contributed by atoms with E-state index in [-0.39, 0.29) is 0 Å². The largest absolute Gasteiger partial charge is 0.493 e. The van der Waals surface area contributed by atoms with Gasteiger partial charge in [-0.25, -0.2) is 4.98 Å². The molecule has 21 heavy (non-hydrogen) atoms. The van der Waals surface area contributed by atoms with Crippen molar-refractivity contribution < 1.29 is 13.7 Å². The predicted molar refractivity (Wildman–Crippen MR) is 79.7 cm³/mol. The molecule has 0 radical (unpaired) electrons. The number of methoxy groups -OCH3 is 1. The minimum Gasteiger partial charge on any atom is -0.493 e. The Morgan fingerprint density at radius 2 is 2.14 bits per heavy atom. The summed E-state index contributed by atoms with van der Waals surface area (Å²) < 4.78 is 22.9. The van der Waals surface area contributed by atoms with Crippen LogP contribution >= 0.6 is 0 Å². The molecule has 0 amide bonds. The molecule has 0 aliphatic carbocycles. The average Bonchev–Trinajstić information content (AvgIpc) is 3.01. The molecule has 0 saturated heterocycles. The SMILES string of the molecule is COCCCOc1ccnc(CS(=O)c2ncc[nH]2)c1C. The van der Waals surface area contributed by atoms with Crippen LogP contribution in [0.3, 0.4) is 0 Å². The van der Waals surface area contributed by atoms with Crippen LogP contribution in [0.25, 0.3) is 0 Å². The zero-order valence-corrected chi connectivity index (χ0v) is 13.0. The molecule has 0 aromatic carbocycles. The maximum Gasteiger partial charge on any atom is 0.196 e. The highest BCUT2D eigenvalue weighted by Crippen LogP contribution is 2.21. The molecule has 2 aromatic heterocycles. The van der Waals surface area contributed by atoms with Crippen molar-refractivity contribution in [3.63, 3.8) is 0 Å². The van der Waals surface area contributed by atoms with Gasteiger partial charge in [0.1, 0.15) is 5.75 Å². The molecule has 0 aliphatic rings. The number of hydrogen-bond acceptors (Lipinski definition) is 5. The summed E-state index contributed by atoms with van der Waals surface area (Å²) in [6, 6.07) is 1.82. The van der Waals surface area contributed by atoms with Gasteiger partial charge in [0.15, 0.2) is 5.16 Å². The lowest BCUT2D eigenvalue weighted by Gasteiger charge is -2.11. The minimum absolute atomic E-state index is 0.314. The second kappa shape index (κ2) is 7.90. The third-order valence-electron chi connectivity index (χ3n) is 2.97. The Morgan fingerprint density at radius 3 is 2.86 bits per heavy atom. The number of imidazole rings is 1. The Balaban J connectivity index is 2.02. The topological polar surface area (TPSA) is 77.1 Å². The molecule has 1 unspecified atom stereocenters. The molecule has 1 atom stereocenters. The lowest BCUT2D eigenvalue weighted by atomic mass is 10.2. The van der Waals surface area contributed by atoms with Gasteiger partial charge in [0.25, 0.3) is 0 Å². The normalized spacial score (nSPS) is 12.3. The van der Waals surface area contributed by atoms with Crippen LogP contribution < -0.4 is 4.74 Å². The van der Waals surface area contributed by atoms with Gasteiger partial charge in [0.05, 0.1) is 28.9 Å². The summed E-state index contributed by atoms with van der Waals surface area (Å²) in [6.07, 6.45) is 5.74. The number of nitrogens with one attached hydrogen (secondary N) is 1. The summed E-state index contributed by atoms with van der Waals surface area (Å²) in [6.45, 7) is 3.17. The lowest BCUT2D eigenvalue weighted by molar-refractivity contribution is 0.172. The van der Waals surface area contributed by atoms with Crippen molar-refractivity contribution in [1.29, 1.82) is 0 Å². The van der Waals surface area contributed by atoms with E-state index in [4.69, 9.17) is 9.47 Å². The van der Waals surface area contributed by atoms with Crippen LogP contribution in [0.2, 0.25) is 0 Å². The molecule has 6 nitrogen and oxygen atoms in total. The fourth-order valence-corrected chi connectivity index (χ4v) is 2.87. The smallest absolute Gasteiger partial charge is 0.196 e. The van der Waals surface area contributed by atoms with Crippen molar-refractivity contribution >= 4 is 10.8 Å². The molecule has 1 N–H and O–H groups in total. The first-order valence-electron chi connectivity index (χ1n) is 6.66. The number of rotatable bonds is 8. The summed E-state index contributed by atoms with van der Waals surface area (Å²) in [7, 11) is 0.431. The zero-order valence-electron chi connectivity index (χ0n) is 12.2. The first kappa shape index (κ1) is 15.7. The van der Waals surface area contributed by atoms with E-state index in [0.29, 0.717) is 24.1 Å². The van der Waals surface area contributed by atoms with Gasteiger partial charge in [-0.3, -0.25) is 9.19 Å². The standard InChI is InChI=1S/C14H19N3O3S/c1-11-12(10-21(18)14-16-6-7-17-14)15-5-4-13(11)20-9-3-8-19-2/h4-7H,3,8-10H2,1-2H3,(H,16,17). The van der Waals surface area contributed by atoms with Gasteiger partial charge in [0, 0.05) is 44.3 Å². The molecule has 0 fully saturated rings. The first-order valence-corrected chi connectivity index (χ1v) is 7.98. The molecule has 0 bridgehead atoms. The van der Waals surface area contributed by atoms with Crippen LogP contribution in [-0.2, 0) is 21.3 Å². The highest BCUT2D eigenvalue weighted by Gasteiger charge is 2.13. The zero-order chi connectivity index (χ0) is 15.1. The van der Waals surface area contributed by atoms with Crippen LogP contribution in [0.4, 0.5) is 0 Å². The molecule has 0 saturated carbocycles. The maximum absolute atomic E-state index is 12.2. The summed E-state index contributed by atoms with van der Waals surface area (Å²) in [5.41, 5.74) is 1.67. The summed E-state index contributed by atoms with van der Waals surface area (Å²) in [4.78, 5) is 11.2. The van der Waals surface area contributed by atoms with Crippen molar-refractivity contribution in [2.45, 2.75) is 24.3 Å². The van der Waals surface area contributed by atoms with E-state index < -0.39 is 10.8 Å². The predicted octanol–water partition coefficient (Wildman–Crippen LogP) is 1.84. The molecular weight excluding hydrogens is 290 g/mol. The molecule has 2 heterocycles. The molecule has 2 rings (SSSR count). The van der Waals surface area contributed by atoms with E-state index in [1.54, 1.807) is 25.7 Å². The van der Waals surface area contributed by atoms with E-state index in [1.807, 2.05) is 13.0 Å². The van der Waals surface area contributed by atoms with E-state index >= 15 is 0 Å². The van der Waals surface area contributed by atoms with Crippen molar-refractivity contribution in [2.24, 2.45) is 0 Å². The van der Waals surface area contributed by atoms with Gasteiger partial charge in [-0.2, -0.15) is 0 Å². The molecule has 114 valence electrons. The summed E-state index contributed by atoms with van der Waals surface area (Å²) in [5.74, 6) is 1.08. The van der Waals surface area contributed by atoms with E-state index in [0.717, 1.165) is 23.4 Å². The number of aromatic nitrogens is 3. The Kier molecular flexibility index (Phi) is 5.89. The fourth-order valence-electron chi connectivity index (χ4n) is 1.81. The summed E-state index contributed by atoms with van der Waals surface area (Å²) >= 11 is 0. The number of H-pyrrole nitrogens is 1. The van der Waals surface area contributed by atoms with Gasteiger partial charge in [-0.15, -0.1) is 0 Å². The third-order valence-corrected chi connectivity index (χ3v) is 4.16. The number of ether oxygens (including phenoxy) is 2. The van der Waals surface area contributed by atoms with Gasteiger partial charge >= 0.3 is 0 Å². The van der Waals surface area contributed by atoms with Gasteiger partial charge < -0.3 is 14.5 Å². The van der Waals surface area contributed by atoms with Gasteiger partial charge in [0.2, 0.25) is 0 Å². The Hall–Kier alpha value is -1.73. The van der Waals surface area contributed by atoms with E-state index in [1.165, 1.54) is 0 Å². The van der Waals surface area contributed by atoms with E-state index in [2.05, 4.69) is 15.0 Å². The van der Waals surface area contributed by atoms with Crippen LogP contribution in [0.15, 0.2) is 29.8 Å². The second-order valence-corrected chi connectivity index (χ2v) is 5.83. The third kappa shape index (κ3) is 4.37. The number of hydrogen-bond donors (Lipinski definition) is 1. The van der Waals surface area contributed by atoms with Crippen molar-refractivity contribution in [1.82, 2.24) is 15.0 Å². The lowest BCUT2D eigenvalue weighted by Crippen LogP contribution is -2.06. The van der Waals surface area contributed by atoms with Crippen molar-refractivity contribution in [3.8, 4) is 5.75 Å². The van der Waals surface area contributed by atoms with Crippen LogP contribution in [-0.4, -0.2) is 39.5 Å². The maximum atomic E-state index is 12.2. The first-order chi connectivity index (χ1) is 10.2. The highest BCUT2D eigenvalue weighted by atomic mass is 32.2. The molecule has 0 aliphatic heterocycles. The Bertz CT molecular complexity index is 587. The van der Waals surface area contributed by atoms with Gasteiger partial charge in [-0.05, 0) is 13.0 Å². The number of aromatic amines is 1. The number of nitrogens with zero attached hydrogens (tertiary/aromatic N) is 2. The molecule has 7 heteroatoms. The highest BCUT2D eigenvalue weighted by molar-refractivity contribution is 7.84. The fraction of sp³-hybridized carbons (Fsp3) is 0.429. The Labute approximate surface area is 126 Å². The van der Waals surface area contributed by atoms with Crippen LogP contribution in [0.5, 0.6) is 5.75 Å². The molecular formula is C14H19N3O3S. The van der Waals surface area contributed by atoms with Crippen LogP contribution in [0, 0.1) is 6.92 Å². The molecule has 2 aromatic rings. The number of pyridine rings is 1. The second-order valence-electron chi connectivity index (χ2n) is 4.46. The van der Waals surface area contributed by atoms with Crippen LogP contribution in [0.1, 0.15) is 17.7 Å². The minimum atomic E-state index is -1.24. The summed E-state index contributed by atoms with van der Waals surface area (Å²) in [5, 5.41) is 0.461. The Morgan fingerprint density at radius 1 is 1.29 bits per heavy atom. The van der Waals surface area contributed by atoms with E-state index in [9.17, 15) is 4.21 Å². The quantitative estimate of drug-likeness (QED) is 0.753. The monoisotopic (exact) mass is 309 g/mol. The average molecular weight is 309 g/mol. The molecule has 0 spiro atoms. The van der Waals surface area contributed by atoms with Crippen molar-refractivity contribution in [2.75, 3.05) is 20.3 Å². The van der Waals surface area contributed by atoms with Gasteiger partial charge in [-0.1, -0.05) is 0 Å². The van der Waals surface area contributed by atoms with Crippen molar-refractivity contribution in [3.05, 3.63) is 35.9 Å².